The Hall–Kier alpha value is -0.550. The molecule has 1 atom stereocenters. The molecule has 0 spiro atoms. The first-order chi connectivity index (χ1) is 4.34. The van der Waals surface area contributed by atoms with Crippen LogP contribution in [-0.2, 0) is 4.79 Å². The molecule has 1 nitrogen and oxygen atoms in total. The fraction of sp³-hybridized carbons (Fsp3) is 0.750. The van der Waals surface area contributed by atoms with Crippen LogP contribution in [0.3, 0.4) is 0 Å². The summed E-state index contributed by atoms with van der Waals surface area (Å²) >= 11 is 0. The molecule has 50 valence electrons. The van der Waals surface area contributed by atoms with E-state index in [9.17, 15) is 4.79 Å². The Balaban J connectivity index is 2.59. The Morgan fingerprint density at radius 3 is 2.78 bits per heavy atom. The first-order valence-electron chi connectivity index (χ1n) is 3.58. The smallest absolute Gasteiger partial charge is 0.123 e. The number of allylic oxidation sites excluding steroid dienone is 1. The summed E-state index contributed by atoms with van der Waals surface area (Å²) in [5, 5.41) is 0. The molecule has 0 saturated heterocycles. The van der Waals surface area contributed by atoms with Crippen molar-refractivity contribution >= 4 is 5.94 Å². The van der Waals surface area contributed by atoms with Gasteiger partial charge in [0.2, 0.25) is 0 Å². The van der Waals surface area contributed by atoms with E-state index in [0.717, 1.165) is 12.0 Å². The van der Waals surface area contributed by atoms with Crippen LogP contribution < -0.4 is 0 Å². The van der Waals surface area contributed by atoms with Gasteiger partial charge in [-0.1, -0.05) is 13.3 Å². The van der Waals surface area contributed by atoms with Crippen molar-refractivity contribution in [2.75, 3.05) is 0 Å². The molecule has 1 unspecified atom stereocenters. The van der Waals surface area contributed by atoms with Gasteiger partial charge >= 0.3 is 0 Å². The van der Waals surface area contributed by atoms with E-state index in [2.05, 4.69) is 6.92 Å². The number of carbonyl (C=O) groups excluding carboxylic acids is 1. The van der Waals surface area contributed by atoms with E-state index < -0.39 is 0 Å². The zero-order valence-corrected chi connectivity index (χ0v) is 5.81. The van der Waals surface area contributed by atoms with Crippen LogP contribution in [0.5, 0.6) is 0 Å². The third-order valence-electron chi connectivity index (χ3n) is 2.06. The fourth-order valence-electron chi connectivity index (χ4n) is 1.34. The van der Waals surface area contributed by atoms with Gasteiger partial charge in [-0.25, -0.2) is 4.79 Å². The average molecular weight is 124 g/mol. The van der Waals surface area contributed by atoms with Crippen LogP contribution in [0.4, 0.5) is 0 Å². The molecule has 0 radical (unpaired) electrons. The van der Waals surface area contributed by atoms with Gasteiger partial charge in [0, 0.05) is 5.57 Å². The largest absolute Gasteiger partial charge is 0.234 e. The predicted molar refractivity (Wildman–Crippen MR) is 36.8 cm³/mol. The molecule has 0 aliphatic heterocycles. The van der Waals surface area contributed by atoms with E-state index in [4.69, 9.17) is 0 Å². The maximum absolute atomic E-state index is 10.2. The van der Waals surface area contributed by atoms with Crippen LogP contribution in [0, 0.1) is 5.92 Å². The summed E-state index contributed by atoms with van der Waals surface area (Å²) < 4.78 is 0. The Kier molecular flexibility index (Phi) is 2.07. The van der Waals surface area contributed by atoms with E-state index in [1.165, 1.54) is 19.3 Å². The Morgan fingerprint density at radius 2 is 2.33 bits per heavy atom. The number of hydrogen-bond donors (Lipinski definition) is 0. The van der Waals surface area contributed by atoms with Crippen molar-refractivity contribution in [2.45, 2.75) is 32.6 Å². The Bertz CT molecular complexity index is 143. The highest BCUT2D eigenvalue weighted by atomic mass is 16.1. The van der Waals surface area contributed by atoms with Gasteiger partial charge in [-0.15, -0.1) is 0 Å². The SMILES string of the molecule is CC1CCCCC1=C=O. The van der Waals surface area contributed by atoms with Gasteiger partial charge in [0.25, 0.3) is 0 Å². The van der Waals surface area contributed by atoms with Crippen molar-refractivity contribution in [1.29, 1.82) is 0 Å². The highest BCUT2D eigenvalue weighted by Crippen LogP contribution is 2.26. The monoisotopic (exact) mass is 124 g/mol. The summed E-state index contributed by atoms with van der Waals surface area (Å²) in [6.45, 7) is 2.11. The molecule has 0 heterocycles. The summed E-state index contributed by atoms with van der Waals surface area (Å²) in [4.78, 5) is 10.2. The lowest BCUT2D eigenvalue weighted by Gasteiger charge is -2.17. The third-order valence-corrected chi connectivity index (χ3v) is 2.06. The standard InChI is InChI=1S/C8H12O/c1-7-4-2-3-5-8(7)6-9/h7H,2-5H2,1H3. The van der Waals surface area contributed by atoms with Gasteiger partial charge in [0.15, 0.2) is 0 Å². The van der Waals surface area contributed by atoms with Crippen molar-refractivity contribution in [3.63, 3.8) is 0 Å². The van der Waals surface area contributed by atoms with Gasteiger partial charge in [-0.2, -0.15) is 0 Å². The minimum atomic E-state index is 0.510. The summed E-state index contributed by atoms with van der Waals surface area (Å²) in [6, 6.07) is 0. The van der Waals surface area contributed by atoms with Crippen LogP contribution in [0.15, 0.2) is 5.57 Å². The van der Waals surface area contributed by atoms with E-state index in [-0.39, 0.29) is 0 Å². The van der Waals surface area contributed by atoms with Crippen LogP contribution in [0.1, 0.15) is 32.6 Å². The first-order valence-corrected chi connectivity index (χ1v) is 3.58. The maximum Gasteiger partial charge on any atom is 0.123 e. The van der Waals surface area contributed by atoms with E-state index in [1.54, 1.807) is 0 Å². The number of rotatable bonds is 0. The molecule has 1 rings (SSSR count). The Morgan fingerprint density at radius 1 is 1.56 bits per heavy atom. The second kappa shape index (κ2) is 2.84. The molecule has 1 fully saturated rings. The lowest BCUT2D eigenvalue weighted by Crippen LogP contribution is -2.05. The number of hydrogen-bond acceptors (Lipinski definition) is 1. The van der Waals surface area contributed by atoms with E-state index in [0.29, 0.717) is 5.92 Å². The molecular formula is C8H12O. The summed E-state index contributed by atoms with van der Waals surface area (Å²) in [6.07, 6.45) is 4.65. The molecular weight excluding hydrogens is 112 g/mol. The van der Waals surface area contributed by atoms with Crippen molar-refractivity contribution in [2.24, 2.45) is 5.92 Å². The summed E-state index contributed by atoms with van der Waals surface area (Å²) in [5.41, 5.74) is 1.00. The predicted octanol–water partition coefficient (Wildman–Crippen LogP) is 1.95. The molecule has 1 heteroatoms. The van der Waals surface area contributed by atoms with Crippen molar-refractivity contribution in [3.05, 3.63) is 5.57 Å². The molecule has 1 aliphatic carbocycles. The lowest BCUT2D eigenvalue weighted by molar-refractivity contribution is 0.479. The molecule has 9 heavy (non-hydrogen) atoms. The van der Waals surface area contributed by atoms with Gasteiger partial charge in [-0.3, -0.25) is 0 Å². The second-order valence-corrected chi connectivity index (χ2v) is 2.77. The van der Waals surface area contributed by atoms with E-state index >= 15 is 0 Å². The minimum Gasteiger partial charge on any atom is -0.234 e. The van der Waals surface area contributed by atoms with E-state index in [1.807, 2.05) is 5.94 Å². The normalized spacial score (nSPS) is 27.7. The molecule has 1 saturated carbocycles. The van der Waals surface area contributed by atoms with Gasteiger partial charge in [0.05, 0.1) is 0 Å². The van der Waals surface area contributed by atoms with Gasteiger partial charge in [-0.05, 0) is 25.2 Å². The fourth-order valence-corrected chi connectivity index (χ4v) is 1.34. The van der Waals surface area contributed by atoms with Gasteiger partial charge in [0.1, 0.15) is 5.94 Å². The summed E-state index contributed by atoms with van der Waals surface area (Å²) in [7, 11) is 0. The average Bonchev–Trinajstić information content (AvgIpc) is 1.89. The molecule has 0 aromatic heterocycles. The second-order valence-electron chi connectivity index (χ2n) is 2.77. The van der Waals surface area contributed by atoms with Crippen molar-refractivity contribution in [1.82, 2.24) is 0 Å². The maximum atomic E-state index is 10.2. The quantitative estimate of drug-likeness (QED) is 0.451. The van der Waals surface area contributed by atoms with Crippen molar-refractivity contribution < 1.29 is 4.79 Å². The molecule has 0 aromatic rings. The van der Waals surface area contributed by atoms with Crippen molar-refractivity contribution in [3.8, 4) is 0 Å². The minimum absolute atomic E-state index is 0.510. The van der Waals surface area contributed by atoms with Gasteiger partial charge < -0.3 is 0 Å². The highest BCUT2D eigenvalue weighted by molar-refractivity contribution is 5.53. The van der Waals surface area contributed by atoms with Crippen LogP contribution in [0.2, 0.25) is 0 Å². The van der Waals surface area contributed by atoms with Crippen LogP contribution in [-0.4, -0.2) is 5.94 Å². The van der Waals surface area contributed by atoms with Crippen LogP contribution >= 0.6 is 0 Å². The highest BCUT2D eigenvalue weighted by Gasteiger charge is 2.14. The zero-order chi connectivity index (χ0) is 6.69. The first kappa shape index (κ1) is 6.57. The van der Waals surface area contributed by atoms with Crippen LogP contribution in [0.25, 0.3) is 0 Å². The Labute approximate surface area is 55.8 Å². The lowest BCUT2D eigenvalue weighted by atomic mass is 9.87. The molecule has 0 amide bonds. The molecule has 0 bridgehead atoms. The molecule has 0 aromatic carbocycles. The molecule has 0 N–H and O–H groups in total. The third kappa shape index (κ3) is 1.43. The zero-order valence-electron chi connectivity index (χ0n) is 5.81. The topological polar surface area (TPSA) is 17.1 Å². The molecule has 1 aliphatic rings. The summed E-state index contributed by atoms with van der Waals surface area (Å²) in [5.74, 6) is 2.53.